The summed E-state index contributed by atoms with van der Waals surface area (Å²) >= 11 is 6.03. The number of carbonyl (C=O) groups is 1. The number of para-hydroxylation sites is 1. The molecule has 0 radical (unpaired) electrons. The van der Waals surface area contributed by atoms with E-state index in [-0.39, 0.29) is 23.2 Å². The van der Waals surface area contributed by atoms with Crippen LogP contribution in [-0.4, -0.2) is 42.0 Å². The Bertz CT molecular complexity index is 831. The lowest BCUT2D eigenvalue weighted by atomic mass is 9.99. The van der Waals surface area contributed by atoms with Crippen molar-refractivity contribution in [2.75, 3.05) is 31.6 Å². The van der Waals surface area contributed by atoms with Crippen molar-refractivity contribution >= 4 is 28.9 Å². The number of nitrogens with one attached hydrogen (secondary N) is 1. The minimum atomic E-state index is -0.525. The number of non-ortho nitro benzene ring substituents is 1. The quantitative estimate of drug-likeness (QED) is 0.558. The van der Waals surface area contributed by atoms with Crippen molar-refractivity contribution in [3.05, 3.63) is 63.7 Å². The number of nitro groups is 1. The van der Waals surface area contributed by atoms with Gasteiger partial charge >= 0.3 is 0 Å². The highest BCUT2D eigenvalue weighted by molar-refractivity contribution is 6.34. The van der Waals surface area contributed by atoms with Crippen LogP contribution in [0, 0.1) is 16.0 Å². The molecule has 0 saturated carbocycles. The standard InChI is InChI=1S/C20H22ClN3O4/c21-18-11-16(24(26)27)8-9-19(18)22-20(25)13-23-10-4-5-15(12-23)14-28-17-6-2-1-3-7-17/h1-3,6-9,11,15H,4-5,10,12-14H2,(H,22,25). The minimum absolute atomic E-state index is 0.111. The van der Waals surface area contributed by atoms with Gasteiger partial charge in [0.1, 0.15) is 5.75 Å². The smallest absolute Gasteiger partial charge is 0.271 e. The second-order valence-corrected chi connectivity index (χ2v) is 7.24. The number of anilines is 1. The number of rotatable bonds is 7. The maximum atomic E-state index is 12.4. The average molecular weight is 404 g/mol. The van der Waals surface area contributed by atoms with E-state index in [0.29, 0.717) is 18.2 Å². The lowest BCUT2D eigenvalue weighted by Gasteiger charge is -2.32. The summed E-state index contributed by atoms with van der Waals surface area (Å²) in [5.74, 6) is 1.02. The summed E-state index contributed by atoms with van der Waals surface area (Å²) in [5.41, 5.74) is 0.263. The van der Waals surface area contributed by atoms with Crippen LogP contribution in [0.15, 0.2) is 48.5 Å². The summed E-state index contributed by atoms with van der Waals surface area (Å²) in [5, 5.41) is 13.6. The first-order chi connectivity index (χ1) is 13.5. The molecule has 1 atom stereocenters. The number of likely N-dealkylation sites (tertiary alicyclic amines) is 1. The number of nitro benzene ring substituents is 1. The Balaban J connectivity index is 1.49. The number of hydrogen-bond donors (Lipinski definition) is 1. The largest absolute Gasteiger partial charge is 0.493 e. The topological polar surface area (TPSA) is 84.7 Å². The molecule has 0 aromatic heterocycles. The van der Waals surface area contributed by atoms with Crippen molar-refractivity contribution in [2.24, 2.45) is 5.92 Å². The molecule has 1 amide bonds. The molecular formula is C20H22ClN3O4. The maximum absolute atomic E-state index is 12.4. The van der Waals surface area contributed by atoms with Crippen LogP contribution in [-0.2, 0) is 4.79 Å². The van der Waals surface area contributed by atoms with E-state index in [1.807, 2.05) is 30.3 Å². The van der Waals surface area contributed by atoms with Crippen LogP contribution in [0.1, 0.15) is 12.8 Å². The lowest BCUT2D eigenvalue weighted by molar-refractivity contribution is -0.384. The van der Waals surface area contributed by atoms with E-state index in [1.165, 1.54) is 18.2 Å². The van der Waals surface area contributed by atoms with Gasteiger partial charge in [0, 0.05) is 24.6 Å². The summed E-state index contributed by atoms with van der Waals surface area (Å²) in [7, 11) is 0. The van der Waals surface area contributed by atoms with Crippen LogP contribution in [0.2, 0.25) is 5.02 Å². The van der Waals surface area contributed by atoms with E-state index in [1.54, 1.807) is 0 Å². The number of hydrogen-bond acceptors (Lipinski definition) is 5. The average Bonchev–Trinajstić information content (AvgIpc) is 2.69. The summed E-state index contributed by atoms with van der Waals surface area (Å²) in [6.45, 7) is 2.50. The second-order valence-electron chi connectivity index (χ2n) is 6.84. The molecule has 1 unspecified atom stereocenters. The Morgan fingerprint density at radius 2 is 2.07 bits per heavy atom. The first kappa shape index (κ1) is 20.1. The summed E-state index contributed by atoms with van der Waals surface area (Å²) in [6, 6.07) is 13.7. The monoisotopic (exact) mass is 403 g/mol. The molecule has 1 aliphatic heterocycles. The fourth-order valence-corrected chi connectivity index (χ4v) is 3.50. The Morgan fingerprint density at radius 1 is 1.29 bits per heavy atom. The molecule has 7 nitrogen and oxygen atoms in total. The summed E-state index contributed by atoms with van der Waals surface area (Å²) in [4.78, 5) is 24.7. The van der Waals surface area contributed by atoms with Gasteiger partial charge in [-0.25, -0.2) is 0 Å². The molecule has 1 N–H and O–H groups in total. The molecule has 1 fully saturated rings. The van der Waals surface area contributed by atoms with Gasteiger partial charge in [-0.15, -0.1) is 0 Å². The van der Waals surface area contributed by atoms with Gasteiger partial charge in [0.15, 0.2) is 0 Å². The molecule has 0 aliphatic carbocycles. The van der Waals surface area contributed by atoms with Crippen LogP contribution < -0.4 is 10.1 Å². The predicted molar refractivity (Wildman–Crippen MR) is 108 cm³/mol. The van der Waals surface area contributed by atoms with Crippen molar-refractivity contribution in [3.63, 3.8) is 0 Å². The molecule has 0 spiro atoms. The molecule has 2 aromatic carbocycles. The summed E-state index contributed by atoms with van der Waals surface area (Å²) in [6.07, 6.45) is 2.08. The van der Waals surface area contributed by atoms with Gasteiger partial charge in [-0.3, -0.25) is 19.8 Å². The van der Waals surface area contributed by atoms with Crippen LogP contribution in [0.25, 0.3) is 0 Å². The third-order valence-electron chi connectivity index (χ3n) is 4.64. The van der Waals surface area contributed by atoms with Gasteiger partial charge in [0.05, 0.1) is 28.8 Å². The highest BCUT2D eigenvalue weighted by atomic mass is 35.5. The molecule has 0 bridgehead atoms. The van der Waals surface area contributed by atoms with Crippen molar-refractivity contribution in [1.82, 2.24) is 4.90 Å². The molecule has 1 aliphatic rings. The van der Waals surface area contributed by atoms with E-state index < -0.39 is 4.92 Å². The first-order valence-electron chi connectivity index (χ1n) is 9.15. The van der Waals surface area contributed by atoms with Gasteiger partial charge in [0.25, 0.3) is 5.69 Å². The second kappa shape index (κ2) is 9.52. The van der Waals surface area contributed by atoms with Crippen molar-refractivity contribution in [3.8, 4) is 5.75 Å². The number of ether oxygens (including phenoxy) is 1. The Hall–Kier alpha value is -2.64. The zero-order chi connectivity index (χ0) is 19.9. The van der Waals surface area contributed by atoms with E-state index in [0.717, 1.165) is 31.7 Å². The maximum Gasteiger partial charge on any atom is 0.271 e. The normalized spacial score (nSPS) is 17.1. The van der Waals surface area contributed by atoms with Gasteiger partial charge < -0.3 is 10.1 Å². The predicted octanol–water partition coefficient (Wildman–Crippen LogP) is 3.98. The fourth-order valence-electron chi connectivity index (χ4n) is 3.27. The Labute approximate surface area is 168 Å². The number of benzene rings is 2. The highest BCUT2D eigenvalue weighted by Crippen LogP contribution is 2.26. The van der Waals surface area contributed by atoms with E-state index in [9.17, 15) is 14.9 Å². The first-order valence-corrected chi connectivity index (χ1v) is 9.53. The number of nitrogens with zero attached hydrogens (tertiary/aromatic N) is 2. The Morgan fingerprint density at radius 3 is 2.79 bits per heavy atom. The molecular weight excluding hydrogens is 382 g/mol. The summed E-state index contributed by atoms with van der Waals surface area (Å²) < 4.78 is 5.84. The minimum Gasteiger partial charge on any atom is -0.493 e. The molecule has 8 heteroatoms. The lowest BCUT2D eigenvalue weighted by Crippen LogP contribution is -2.42. The van der Waals surface area contributed by atoms with Crippen LogP contribution in [0.5, 0.6) is 5.75 Å². The molecule has 148 valence electrons. The molecule has 1 saturated heterocycles. The van der Waals surface area contributed by atoms with Gasteiger partial charge in [-0.1, -0.05) is 29.8 Å². The zero-order valence-corrected chi connectivity index (χ0v) is 16.1. The van der Waals surface area contributed by atoms with E-state index in [2.05, 4.69) is 10.2 Å². The number of halogens is 1. The van der Waals surface area contributed by atoms with E-state index in [4.69, 9.17) is 16.3 Å². The van der Waals surface area contributed by atoms with Gasteiger partial charge in [-0.2, -0.15) is 0 Å². The van der Waals surface area contributed by atoms with Crippen LogP contribution in [0.4, 0.5) is 11.4 Å². The Kier molecular flexibility index (Phi) is 6.84. The molecule has 1 heterocycles. The SMILES string of the molecule is O=C(CN1CCCC(COc2ccccc2)C1)Nc1ccc([N+](=O)[O-])cc1Cl. The number of carbonyl (C=O) groups excluding carboxylic acids is 1. The van der Waals surface area contributed by atoms with Gasteiger partial charge in [0.2, 0.25) is 5.91 Å². The third kappa shape index (κ3) is 5.68. The molecule has 2 aromatic rings. The third-order valence-corrected chi connectivity index (χ3v) is 4.95. The van der Waals surface area contributed by atoms with Crippen molar-refractivity contribution in [1.29, 1.82) is 0 Å². The van der Waals surface area contributed by atoms with Gasteiger partial charge in [-0.05, 0) is 37.6 Å². The number of amides is 1. The van der Waals surface area contributed by atoms with E-state index >= 15 is 0 Å². The number of piperidine rings is 1. The van der Waals surface area contributed by atoms with Crippen molar-refractivity contribution in [2.45, 2.75) is 12.8 Å². The van der Waals surface area contributed by atoms with Crippen LogP contribution in [0.3, 0.4) is 0 Å². The highest BCUT2D eigenvalue weighted by Gasteiger charge is 2.22. The fraction of sp³-hybridized carbons (Fsp3) is 0.350. The zero-order valence-electron chi connectivity index (χ0n) is 15.3. The molecule has 3 rings (SSSR count). The van der Waals surface area contributed by atoms with Crippen LogP contribution >= 0.6 is 11.6 Å². The molecule has 28 heavy (non-hydrogen) atoms. The van der Waals surface area contributed by atoms with Crippen molar-refractivity contribution < 1.29 is 14.5 Å².